The summed E-state index contributed by atoms with van der Waals surface area (Å²) in [5.41, 5.74) is 0.575. The lowest BCUT2D eigenvalue weighted by Gasteiger charge is -2.08. The molecule has 1 aliphatic heterocycles. The molecule has 1 saturated heterocycles. The largest absolute Gasteiger partial charge is 0.293 e. The highest BCUT2D eigenvalue weighted by atomic mass is 16.2. The average Bonchev–Trinajstić information content (AvgIpc) is 2.60. The molecule has 0 spiro atoms. The predicted octanol–water partition coefficient (Wildman–Crippen LogP) is 0.591. The molecule has 1 aromatic rings. The van der Waals surface area contributed by atoms with Gasteiger partial charge >= 0.3 is 0 Å². The minimum absolute atomic E-state index is 0.131. The first-order chi connectivity index (χ1) is 7.20. The Hall–Kier alpha value is -1.68. The first kappa shape index (κ1) is 9.86. The van der Waals surface area contributed by atoms with E-state index in [9.17, 15) is 9.59 Å². The number of Topliss-reactive ketones (excluding diaryl/α,β-unsaturated/α-hetero) is 1. The molecule has 1 fully saturated rings. The third-order valence-electron chi connectivity index (χ3n) is 2.61. The number of benzene rings is 1. The van der Waals surface area contributed by atoms with Gasteiger partial charge in [-0.25, -0.2) is 5.84 Å². The Bertz CT molecular complexity index is 389. The van der Waals surface area contributed by atoms with Crippen LogP contribution in [0.3, 0.4) is 0 Å². The highest BCUT2D eigenvalue weighted by molar-refractivity contribution is 6.10. The molecule has 78 valence electrons. The standard InChI is InChI=1S/C11H12N2O2/c12-13-7-6-9(11(13)15)10(14)8-4-2-1-3-5-8/h1-5,9H,6-7,12H2. The molecule has 0 radical (unpaired) electrons. The van der Waals surface area contributed by atoms with Gasteiger partial charge < -0.3 is 0 Å². The van der Waals surface area contributed by atoms with Gasteiger partial charge in [-0.15, -0.1) is 0 Å². The summed E-state index contributed by atoms with van der Waals surface area (Å²) in [6.07, 6.45) is 0.517. The van der Waals surface area contributed by atoms with E-state index in [1.165, 1.54) is 0 Å². The smallest absolute Gasteiger partial charge is 0.247 e. The Morgan fingerprint density at radius 2 is 2.00 bits per heavy atom. The average molecular weight is 204 g/mol. The summed E-state index contributed by atoms with van der Waals surface area (Å²) >= 11 is 0. The van der Waals surface area contributed by atoms with Crippen LogP contribution in [-0.4, -0.2) is 23.2 Å². The van der Waals surface area contributed by atoms with Gasteiger partial charge in [-0.1, -0.05) is 30.3 Å². The van der Waals surface area contributed by atoms with E-state index in [1.54, 1.807) is 24.3 Å². The Morgan fingerprint density at radius 3 is 2.53 bits per heavy atom. The molecule has 1 heterocycles. The monoisotopic (exact) mass is 204 g/mol. The maximum absolute atomic E-state index is 11.9. The van der Waals surface area contributed by atoms with Crippen molar-refractivity contribution in [1.29, 1.82) is 0 Å². The Labute approximate surface area is 87.6 Å². The van der Waals surface area contributed by atoms with E-state index in [0.717, 1.165) is 5.01 Å². The van der Waals surface area contributed by atoms with Crippen molar-refractivity contribution >= 4 is 11.7 Å². The van der Waals surface area contributed by atoms with Crippen molar-refractivity contribution < 1.29 is 9.59 Å². The molecule has 1 unspecified atom stereocenters. The quantitative estimate of drug-likeness (QED) is 0.332. The van der Waals surface area contributed by atoms with Crippen molar-refractivity contribution in [3.8, 4) is 0 Å². The fourth-order valence-corrected chi connectivity index (χ4v) is 1.75. The lowest BCUT2D eigenvalue weighted by molar-refractivity contribution is -0.129. The molecule has 2 rings (SSSR count). The van der Waals surface area contributed by atoms with Crippen LogP contribution in [0.2, 0.25) is 0 Å². The molecule has 4 nitrogen and oxygen atoms in total. The van der Waals surface area contributed by atoms with Crippen molar-refractivity contribution in [3.63, 3.8) is 0 Å². The lowest BCUT2D eigenvalue weighted by atomic mass is 9.96. The van der Waals surface area contributed by atoms with E-state index < -0.39 is 5.92 Å². The summed E-state index contributed by atoms with van der Waals surface area (Å²) in [7, 11) is 0. The summed E-state index contributed by atoms with van der Waals surface area (Å²) in [6.45, 7) is 0.460. The summed E-state index contributed by atoms with van der Waals surface area (Å²) < 4.78 is 0. The molecular formula is C11H12N2O2. The van der Waals surface area contributed by atoms with Crippen LogP contribution in [0.4, 0.5) is 0 Å². The van der Waals surface area contributed by atoms with Crippen LogP contribution in [0.5, 0.6) is 0 Å². The molecule has 2 N–H and O–H groups in total. The highest BCUT2D eigenvalue weighted by Gasteiger charge is 2.35. The molecule has 1 aliphatic rings. The highest BCUT2D eigenvalue weighted by Crippen LogP contribution is 2.19. The maximum atomic E-state index is 11.9. The van der Waals surface area contributed by atoms with Crippen molar-refractivity contribution in [1.82, 2.24) is 5.01 Å². The second-order valence-corrected chi connectivity index (χ2v) is 3.60. The van der Waals surface area contributed by atoms with Crippen LogP contribution in [0, 0.1) is 5.92 Å². The zero-order valence-electron chi connectivity index (χ0n) is 8.22. The van der Waals surface area contributed by atoms with Gasteiger partial charge in [-0.3, -0.25) is 14.6 Å². The van der Waals surface area contributed by atoms with E-state index in [2.05, 4.69) is 0 Å². The molecule has 1 amide bonds. The van der Waals surface area contributed by atoms with Crippen LogP contribution in [0.15, 0.2) is 30.3 Å². The fourth-order valence-electron chi connectivity index (χ4n) is 1.75. The fraction of sp³-hybridized carbons (Fsp3) is 0.273. The van der Waals surface area contributed by atoms with Crippen molar-refractivity contribution in [2.24, 2.45) is 11.8 Å². The second-order valence-electron chi connectivity index (χ2n) is 3.60. The Morgan fingerprint density at radius 1 is 1.33 bits per heavy atom. The molecule has 1 atom stereocenters. The number of carbonyl (C=O) groups is 2. The van der Waals surface area contributed by atoms with E-state index in [0.29, 0.717) is 18.5 Å². The van der Waals surface area contributed by atoms with Gasteiger partial charge in [0.15, 0.2) is 5.78 Å². The number of hydrogen-bond acceptors (Lipinski definition) is 3. The Kier molecular flexibility index (Phi) is 2.51. The van der Waals surface area contributed by atoms with E-state index in [1.807, 2.05) is 6.07 Å². The van der Waals surface area contributed by atoms with Gasteiger partial charge in [0.25, 0.3) is 0 Å². The number of ketones is 1. The van der Waals surface area contributed by atoms with Crippen molar-refractivity contribution in [3.05, 3.63) is 35.9 Å². The molecule has 4 heteroatoms. The van der Waals surface area contributed by atoms with Crippen LogP contribution in [0.1, 0.15) is 16.8 Å². The molecule has 0 aromatic heterocycles. The minimum atomic E-state index is -0.586. The summed E-state index contributed by atoms with van der Waals surface area (Å²) in [4.78, 5) is 23.4. The third kappa shape index (κ3) is 1.76. The predicted molar refractivity (Wildman–Crippen MR) is 54.8 cm³/mol. The number of hydrogen-bond donors (Lipinski definition) is 1. The van der Waals surface area contributed by atoms with Gasteiger partial charge in [-0.05, 0) is 6.42 Å². The van der Waals surface area contributed by atoms with Crippen LogP contribution >= 0.6 is 0 Å². The molecule has 0 aliphatic carbocycles. The van der Waals surface area contributed by atoms with Gasteiger partial charge in [0.1, 0.15) is 5.92 Å². The van der Waals surface area contributed by atoms with Gasteiger partial charge in [0, 0.05) is 12.1 Å². The van der Waals surface area contributed by atoms with Crippen LogP contribution in [0.25, 0.3) is 0 Å². The summed E-state index contributed by atoms with van der Waals surface area (Å²) in [5, 5.41) is 1.12. The van der Waals surface area contributed by atoms with E-state index in [-0.39, 0.29) is 11.7 Å². The van der Waals surface area contributed by atoms with Gasteiger partial charge in [0.2, 0.25) is 5.91 Å². The molecule has 1 aromatic carbocycles. The number of rotatable bonds is 2. The van der Waals surface area contributed by atoms with E-state index >= 15 is 0 Å². The summed E-state index contributed by atoms with van der Waals surface area (Å²) in [6, 6.07) is 8.84. The van der Waals surface area contributed by atoms with Crippen LogP contribution < -0.4 is 5.84 Å². The number of nitrogens with zero attached hydrogens (tertiary/aromatic N) is 1. The normalized spacial score (nSPS) is 20.7. The third-order valence-corrected chi connectivity index (χ3v) is 2.61. The Balaban J connectivity index is 2.20. The SMILES string of the molecule is NN1CCC(C(=O)c2ccccc2)C1=O. The van der Waals surface area contributed by atoms with E-state index in [4.69, 9.17) is 5.84 Å². The molecule has 0 bridgehead atoms. The zero-order chi connectivity index (χ0) is 10.8. The molecule has 0 saturated carbocycles. The number of nitrogens with two attached hydrogens (primary N) is 1. The number of amides is 1. The maximum Gasteiger partial charge on any atom is 0.247 e. The number of carbonyl (C=O) groups excluding carboxylic acids is 2. The van der Waals surface area contributed by atoms with Crippen molar-refractivity contribution in [2.45, 2.75) is 6.42 Å². The minimum Gasteiger partial charge on any atom is -0.293 e. The lowest BCUT2D eigenvalue weighted by Crippen LogP contribution is -2.35. The molecule has 15 heavy (non-hydrogen) atoms. The summed E-state index contributed by atoms with van der Waals surface area (Å²) in [5.74, 6) is 4.43. The first-order valence-corrected chi connectivity index (χ1v) is 4.85. The van der Waals surface area contributed by atoms with Crippen molar-refractivity contribution in [2.75, 3.05) is 6.54 Å². The zero-order valence-corrected chi connectivity index (χ0v) is 8.22. The molecular weight excluding hydrogens is 192 g/mol. The number of hydrazine groups is 1. The van der Waals surface area contributed by atoms with Crippen LogP contribution in [-0.2, 0) is 4.79 Å². The second kappa shape index (κ2) is 3.82. The van der Waals surface area contributed by atoms with Gasteiger partial charge in [0.05, 0.1) is 0 Å². The van der Waals surface area contributed by atoms with Gasteiger partial charge in [-0.2, -0.15) is 0 Å². The topological polar surface area (TPSA) is 63.4 Å². The first-order valence-electron chi connectivity index (χ1n) is 4.85.